The third-order valence-corrected chi connectivity index (χ3v) is 2.26. The molecule has 0 bridgehead atoms. The molecule has 0 aromatic carbocycles. The van der Waals surface area contributed by atoms with Crippen molar-refractivity contribution in [3.63, 3.8) is 0 Å². The highest BCUT2D eigenvalue weighted by Crippen LogP contribution is 2.23. The molecule has 1 atom stereocenters. The van der Waals surface area contributed by atoms with Crippen molar-refractivity contribution in [2.45, 2.75) is 33.1 Å². The topological polar surface area (TPSA) is 67.8 Å². The number of nitrogens with zero attached hydrogens (tertiary/aromatic N) is 1. The minimum absolute atomic E-state index is 0.225. The number of hydrazone groups is 1. The summed E-state index contributed by atoms with van der Waals surface area (Å²) in [6.07, 6.45) is 2.43. The molecule has 0 saturated heterocycles. The van der Waals surface area contributed by atoms with Crippen LogP contribution >= 0.6 is 0 Å². The monoisotopic (exact) mass is 212 g/mol. The summed E-state index contributed by atoms with van der Waals surface area (Å²) >= 11 is 0. The normalized spacial score (nSPS) is 22.8. The molecule has 1 fully saturated rings. The van der Waals surface area contributed by atoms with Crippen molar-refractivity contribution in [3.8, 4) is 0 Å². The number of hydrogen-bond donors (Lipinski definition) is 1. The van der Waals surface area contributed by atoms with E-state index in [1.807, 2.05) is 0 Å². The Labute approximate surface area is 88.9 Å². The molecule has 1 saturated carbocycles. The fourth-order valence-corrected chi connectivity index (χ4v) is 1.61. The second kappa shape index (κ2) is 5.48. The van der Waals surface area contributed by atoms with Crippen LogP contribution in [0.4, 0.5) is 0 Å². The van der Waals surface area contributed by atoms with Gasteiger partial charge < -0.3 is 4.74 Å². The van der Waals surface area contributed by atoms with Crippen LogP contribution in [0.5, 0.6) is 0 Å². The summed E-state index contributed by atoms with van der Waals surface area (Å²) in [5, 5.41) is 3.92. The molecule has 1 aliphatic carbocycles. The Morgan fingerprint density at radius 1 is 1.60 bits per heavy atom. The quantitative estimate of drug-likeness (QED) is 0.557. The predicted octanol–water partition coefficient (Wildman–Crippen LogP) is 0.842. The van der Waals surface area contributed by atoms with Gasteiger partial charge in [-0.25, -0.2) is 5.43 Å². The van der Waals surface area contributed by atoms with E-state index in [9.17, 15) is 9.59 Å². The van der Waals surface area contributed by atoms with E-state index in [4.69, 9.17) is 4.74 Å². The van der Waals surface area contributed by atoms with Crippen molar-refractivity contribution >= 4 is 17.6 Å². The van der Waals surface area contributed by atoms with E-state index < -0.39 is 0 Å². The Kier molecular flexibility index (Phi) is 4.27. The standard InChI is InChI=1S/C10H16N2O3/c1-3-15-10(14)8-5-4-6-9(8)12-11-7(2)13/h8H,3-6H2,1-2H3,(H,11,13)/b12-9-/t8-/m1/s1. The van der Waals surface area contributed by atoms with Crippen LogP contribution < -0.4 is 5.43 Å². The Hall–Kier alpha value is -1.39. The van der Waals surface area contributed by atoms with Gasteiger partial charge in [-0.1, -0.05) is 0 Å². The average molecular weight is 212 g/mol. The van der Waals surface area contributed by atoms with Crippen molar-refractivity contribution in [3.05, 3.63) is 0 Å². The van der Waals surface area contributed by atoms with Gasteiger partial charge in [0.05, 0.1) is 18.2 Å². The maximum absolute atomic E-state index is 11.5. The number of amides is 1. The number of carbonyl (C=O) groups is 2. The second-order valence-electron chi connectivity index (χ2n) is 3.47. The van der Waals surface area contributed by atoms with Crippen LogP contribution in [-0.4, -0.2) is 24.2 Å². The van der Waals surface area contributed by atoms with Crippen LogP contribution in [0.1, 0.15) is 33.1 Å². The molecule has 0 aromatic rings. The first-order valence-electron chi connectivity index (χ1n) is 5.14. The molecule has 0 radical (unpaired) electrons. The average Bonchev–Trinajstić information content (AvgIpc) is 2.62. The van der Waals surface area contributed by atoms with E-state index in [1.54, 1.807) is 6.92 Å². The Morgan fingerprint density at radius 2 is 2.33 bits per heavy atom. The van der Waals surface area contributed by atoms with Crippen molar-refractivity contribution in [2.24, 2.45) is 11.0 Å². The molecule has 0 unspecified atom stereocenters. The van der Waals surface area contributed by atoms with Crippen LogP contribution in [0.2, 0.25) is 0 Å². The summed E-state index contributed by atoms with van der Waals surface area (Å²) in [6.45, 7) is 3.54. The summed E-state index contributed by atoms with van der Waals surface area (Å²) in [5.74, 6) is -0.729. The molecule has 0 heterocycles. The van der Waals surface area contributed by atoms with Crippen LogP contribution in [0.3, 0.4) is 0 Å². The van der Waals surface area contributed by atoms with Crippen molar-refractivity contribution in [1.29, 1.82) is 0 Å². The molecular formula is C10H16N2O3. The lowest BCUT2D eigenvalue weighted by Crippen LogP contribution is -2.24. The maximum Gasteiger partial charge on any atom is 0.314 e. The summed E-state index contributed by atoms with van der Waals surface area (Å²) in [4.78, 5) is 22.2. The summed E-state index contributed by atoms with van der Waals surface area (Å²) in [6, 6.07) is 0. The minimum Gasteiger partial charge on any atom is -0.465 e. The van der Waals surface area contributed by atoms with Gasteiger partial charge in [-0.05, 0) is 26.2 Å². The highest BCUT2D eigenvalue weighted by molar-refractivity contribution is 6.03. The van der Waals surface area contributed by atoms with E-state index in [-0.39, 0.29) is 17.8 Å². The fourth-order valence-electron chi connectivity index (χ4n) is 1.61. The highest BCUT2D eigenvalue weighted by Gasteiger charge is 2.30. The molecule has 0 aliphatic heterocycles. The molecular weight excluding hydrogens is 196 g/mol. The van der Waals surface area contributed by atoms with E-state index in [0.29, 0.717) is 6.61 Å². The van der Waals surface area contributed by atoms with Gasteiger partial charge in [0.2, 0.25) is 5.91 Å². The zero-order chi connectivity index (χ0) is 11.3. The third-order valence-electron chi connectivity index (χ3n) is 2.26. The summed E-state index contributed by atoms with van der Waals surface area (Å²) in [5.41, 5.74) is 3.08. The molecule has 1 N–H and O–H groups in total. The summed E-state index contributed by atoms with van der Waals surface area (Å²) in [7, 11) is 0. The minimum atomic E-state index is -0.267. The molecule has 0 spiro atoms. The maximum atomic E-state index is 11.5. The molecule has 0 aromatic heterocycles. The van der Waals surface area contributed by atoms with E-state index >= 15 is 0 Å². The van der Waals surface area contributed by atoms with Crippen LogP contribution in [0, 0.1) is 5.92 Å². The number of nitrogens with one attached hydrogen (secondary N) is 1. The first kappa shape index (κ1) is 11.7. The van der Waals surface area contributed by atoms with Crippen LogP contribution in [-0.2, 0) is 14.3 Å². The van der Waals surface area contributed by atoms with Gasteiger partial charge in [0.25, 0.3) is 0 Å². The molecule has 1 aliphatic rings. The van der Waals surface area contributed by atoms with Crippen molar-refractivity contribution in [1.82, 2.24) is 5.43 Å². The van der Waals surface area contributed by atoms with E-state index in [2.05, 4.69) is 10.5 Å². The molecule has 84 valence electrons. The number of rotatable bonds is 3. The van der Waals surface area contributed by atoms with Gasteiger partial charge in [0.1, 0.15) is 0 Å². The number of ether oxygens (including phenoxy) is 1. The Morgan fingerprint density at radius 3 is 2.93 bits per heavy atom. The second-order valence-corrected chi connectivity index (χ2v) is 3.47. The summed E-state index contributed by atoms with van der Waals surface area (Å²) < 4.78 is 4.93. The Balaban J connectivity index is 2.60. The first-order chi connectivity index (χ1) is 7.15. The molecule has 1 rings (SSSR count). The van der Waals surface area contributed by atoms with Gasteiger partial charge in [-0.2, -0.15) is 5.10 Å². The largest absolute Gasteiger partial charge is 0.465 e. The third kappa shape index (κ3) is 3.34. The van der Waals surface area contributed by atoms with E-state index in [0.717, 1.165) is 25.0 Å². The molecule has 15 heavy (non-hydrogen) atoms. The smallest absolute Gasteiger partial charge is 0.314 e. The first-order valence-corrected chi connectivity index (χ1v) is 5.14. The number of esters is 1. The fraction of sp³-hybridized carbons (Fsp3) is 0.700. The van der Waals surface area contributed by atoms with Crippen LogP contribution in [0.25, 0.3) is 0 Å². The molecule has 5 nitrogen and oxygen atoms in total. The lowest BCUT2D eigenvalue weighted by Gasteiger charge is -2.09. The van der Waals surface area contributed by atoms with Gasteiger partial charge in [-0.3, -0.25) is 9.59 Å². The van der Waals surface area contributed by atoms with Gasteiger partial charge in [0.15, 0.2) is 0 Å². The van der Waals surface area contributed by atoms with Gasteiger partial charge in [-0.15, -0.1) is 0 Å². The van der Waals surface area contributed by atoms with Crippen LogP contribution in [0.15, 0.2) is 5.10 Å². The van der Waals surface area contributed by atoms with Crippen molar-refractivity contribution < 1.29 is 14.3 Å². The molecule has 5 heteroatoms. The Bertz CT molecular complexity index is 286. The molecule has 1 amide bonds. The predicted molar refractivity (Wildman–Crippen MR) is 55.2 cm³/mol. The zero-order valence-electron chi connectivity index (χ0n) is 9.08. The van der Waals surface area contributed by atoms with Crippen molar-refractivity contribution in [2.75, 3.05) is 6.61 Å². The highest BCUT2D eigenvalue weighted by atomic mass is 16.5. The lowest BCUT2D eigenvalue weighted by atomic mass is 10.1. The number of hydrogen-bond acceptors (Lipinski definition) is 4. The van der Waals surface area contributed by atoms with Gasteiger partial charge >= 0.3 is 5.97 Å². The zero-order valence-corrected chi connectivity index (χ0v) is 9.08. The number of carbonyl (C=O) groups excluding carboxylic acids is 2. The van der Waals surface area contributed by atoms with E-state index in [1.165, 1.54) is 6.92 Å². The SMILES string of the molecule is CCOC(=O)[C@@H]1CCC/C1=N/NC(C)=O. The van der Waals surface area contributed by atoms with Gasteiger partial charge in [0, 0.05) is 6.92 Å². The lowest BCUT2D eigenvalue weighted by molar-refractivity contribution is -0.145.